The number of methoxy groups -OCH3 is 1. The molecule has 0 heterocycles. The lowest BCUT2D eigenvalue weighted by molar-refractivity contribution is 0.415. The van der Waals surface area contributed by atoms with E-state index in [1.54, 1.807) is 7.11 Å². The molecule has 4 rings (SSSR count). The van der Waals surface area contributed by atoms with E-state index in [1.807, 2.05) is 36.4 Å². The van der Waals surface area contributed by atoms with Crippen LogP contribution in [-0.4, -0.2) is 12.9 Å². The number of benzene rings is 3. The summed E-state index contributed by atoms with van der Waals surface area (Å²) in [5, 5.41) is 7.74. The minimum Gasteiger partial charge on any atom is -0.497 e. The third kappa shape index (κ3) is 2.60. The molecular formula is C22H18N2O. The molecule has 0 saturated carbocycles. The highest BCUT2D eigenvalue weighted by atomic mass is 16.5. The SMILES string of the molecule is COc1ccc(C=C2c3ccccc3-c3ccc(C(=N)N)cc32)cc1. The van der Waals surface area contributed by atoms with Crippen molar-refractivity contribution in [3.63, 3.8) is 0 Å². The van der Waals surface area contributed by atoms with E-state index < -0.39 is 0 Å². The molecule has 0 unspecified atom stereocenters. The number of rotatable bonds is 3. The molecule has 3 heteroatoms. The molecule has 122 valence electrons. The zero-order valence-electron chi connectivity index (χ0n) is 13.9. The summed E-state index contributed by atoms with van der Waals surface area (Å²) in [6.07, 6.45) is 2.17. The molecule has 3 N–H and O–H groups in total. The lowest BCUT2D eigenvalue weighted by Gasteiger charge is -2.06. The van der Waals surface area contributed by atoms with Crippen LogP contribution in [0.1, 0.15) is 22.3 Å². The summed E-state index contributed by atoms with van der Waals surface area (Å²) >= 11 is 0. The van der Waals surface area contributed by atoms with Gasteiger partial charge in [-0.25, -0.2) is 0 Å². The van der Waals surface area contributed by atoms with Crippen LogP contribution in [-0.2, 0) is 0 Å². The van der Waals surface area contributed by atoms with E-state index >= 15 is 0 Å². The van der Waals surface area contributed by atoms with Crippen molar-refractivity contribution in [2.45, 2.75) is 0 Å². The van der Waals surface area contributed by atoms with E-state index in [0.717, 1.165) is 28.0 Å². The molecule has 3 aromatic carbocycles. The van der Waals surface area contributed by atoms with E-state index in [1.165, 1.54) is 16.7 Å². The molecule has 0 aliphatic heterocycles. The molecule has 0 aromatic heterocycles. The van der Waals surface area contributed by atoms with E-state index in [-0.39, 0.29) is 5.84 Å². The number of fused-ring (bicyclic) bond motifs is 3. The monoisotopic (exact) mass is 326 g/mol. The minimum absolute atomic E-state index is 0.0857. The van der Waals surface area contributed by atoms with Crippen LogP contribution >= 0.6 is 0 Å². The standard InChI is InChI=1S/C22H18N2O/c1-25-16-9-6-14(7-10-16)12-20-18-5-3-2-4-17(18)19-11-8-15(22(23)24)13-21(19)20/h2-13H,1H3,(H3,23,24). The van der Waals surface area contributed by atoms with Crippen molar-refractivity contribution in [1.82, 2.24) is 0 Å². The molecule has 0 atom stereocenters. The Morgan fingerprint density at radius 2 is 1.56 bits per heavy atom. The Kier molecular flexibility index (Phi) is 3.62. The highest BCUT2D eigenvalue weighted by molar-refractivity contribution is 6.08. The summed E-state index contributed by atoms with van der Waals surface area (Å²) in [5.41, 5.74) is 13.4. The summed E-state index contributed by atoms with van der Waals surface area (Å²) in [7, 11) is 1.67. The summed E-state index contributed by atoms with van der Waals surface area (Å²) in [4.78, 5) is 0. The van der Waals surface area contributed by atoms with Gasteiger partial charge < -0.3 is 10.5 Å². The van der Waals surface area contributed by atoms with Crippen LogP contribution in [0.15, 0.2) is 66.7 Å². The summed E-state index contributed by atoms with van der Waals surface area (Å²) in [6.45, 7) is 0. The molecule has 25 heavy (non-hydrogen) atoms. The Bertz CT molecular complexity index is 1000. The Labute approximate surface area is 146 Å². The highest BCUT2D eigenvalue weighted by Gasteiger charge is 2.23. The van der Waals surface area contributed by atoms with E-state index in [9.17, 15) is 0 Å². The topological polar surface area (TPSA) is 59.1 Å². The zero-order chi connectivity index (χ0) is 17.4. The molecule has 0 radical (unpaired) electrons. The van der Waals surface area contributed by atoms with Crippen LogP contribution in [0.4, 0.5) is 0 Å². The fourth-order valence-electron chi connectivity index (χ4n) is 3.29. The first-order chi connectivity index (χ1) is 12.2. The van der Waals surface area contributed by atoms with Crippen molar-refractivity contribution in [3.8, 4) is 16.9 Å². The van der Waals surface area contributed by atoms with Crippen molar-refractivity contribution >= 4 is 17.5 Å². The third-order valence-corrected chi connectivity index (χ3v) is 4.55. The Hall–Kier alpha value is -3.33. The number of hydrogen-bond donors (Lipinski definition) is 2. The average Bonchev–Trinajstić information content (AvgIpc) is 2.96. The molecule has 1 aliphatic carbocycles. The van der Waals surface area contributed by atoms with Crippen molar-refractivity contribution in [3.05, 3.63) is 89.0 Å². The normalized spacial score (nSPS) is 13.4. The molecular weight excluding hydrogens is 308 g/mol. The first-order valence-corrected chi connectivity index (χ1v) is 8.12. The highest BCUT2D eigenvalue weighted by Crippen LogP contribution is 2.45. The van der Waals surface area contributed by atoms with Crippen LogP contribution < -0.4 is 10.5 Å². The maximum Gasteiger partial charge on any atom is 0.122 e. The smallest absolute Gasteiger partial charge is 0.122 e. The van der Waals surface area contributed by atoms with Gasteiger partial charge >= 0.3 is 0 Å². The summed E-state index contributed by atoms with van der Waals surface area (Å²) in [6, 6.07) is 22.4. The van der Waals surface area contributed by atoms with E-state index in [0.29, 0.717) is 0 Å². The van der Waals surface area contributed by atoms with Gasteiger partial charge in [0, 0.05) is 5.56 Å². The molecule has 1 aliphatic rings. The number of amidine groups is 1. The first-order valence-electron chi connectivity index (χ1n) is 8.12. The molecule has 0 fully saturated rings. The van der Waals surface area contributed by atoms with Crippen molar-refractivity contribution in [1.29, 1.82) is 5.41 Å². The van der Waals surface area contributed by atoms with Gasteiger partial charge in [0.2, 0.25) is 0 Å². The number of ether oxygens (including phenoxy) is 1. The van der Waals surface area contributed by atoms with Gasteiger partial charge in [-0.2, -0.15) is 0 Å². The number of nitrogens with one attached hydrogen (secondary N) is 1. The maximum atomic E-state index is 7.74. The second-order valence-corrected chi connectivity index (χ2v) is 6.05. The molecule has 3 aromatic rings. The average molecular weight is 326 g/mol. The molecule has 0 amide bonds. The van der Waals surface area contributed by atoms with Gasteiger partial charge in [-0.3, -0.25) is 5.41 Å². The van der Waals surface area contributed by atoms with Crippen LogP contribution in [0, 0.1) is 5.41 Å². The van der Waals surface area contributed by atoms with Gasteiger partial charge in [0.25, 0.3) is 0 Å². The van der Waals surface area contributed by atoms with Gasteiger partial charge in [-0.05, 0) is 57.7 Å². The second-order valence-electron chi connectivity index (χ2n) is 6.05. The van der Waals surface area contributed by atoms with Crippen LogP contribution in [0.3, 0.4) is 0 Å². The van der Waals surface area contributed by atoms with Gasteiger partial charge in [0.15, 0.2) is 0 Å². The van der Waals surface area contributed by atoms with E-state index in [2.05, 4.69) is 36.4 Å². The fourth-order valence-corrected chi connectivity index (χ4v) is 3.29. The Morgan fingerprint density at radius 1 is 0.880 bits per heavy atom. The van der Waals surface area contributed by atoms with Crippen LogP contribution in [0.25, 0.3) is 22.8 Å². The van der Waals surface area contributed by atoms with Gasteiger partial charge in [0.05, 0.1) is 7.11 Å². The predicted molar refractivity (Wildman–Crippen MR) is 103 cm³/mol. The summed E-state index contributed by atoms with van der Waals surface area (Å²) in [5.74, 6) is 0.927. The number of nitrogen functional groups attached to an aromatic ring is 1. The van der Waals surface area contributed by atoms with Crippen LogP contribution in [0.5, 0.6) is 5.75 Å². The lowest BCUT2D eigenvalue weighted by Crippen LogP contribution is -2.11. The number of hydrogen-bond acceptors (Lipinski definition) is 2. The third-order valence-electron chi connectivity index (χ3n) is 4.55. The second kappa shape index (κ2) is 5.95. The molecule has 0 spiro atoms. The molecule has 0 bridgehead atoms. The zero-order valence-corrected chi connectivity index (χ0v) is 13.9. The lowest BCUT2D eigenvalue weighted by atomic mass is 9.99. The largest absolute Gasteiger partial charge is 0.497 e. The maximum absolute atomic E-state index is 7.74. The van der Waals surface area contributed by atoms with Crippen molar-refractivity contribution < 1.29 is 4.74 Å². The quantitative estimate of drug-likeness (QED) is 0.429. The van der Waals surface area contributed by atoms with Gasteiger partial charge in [-0.15, -0.1) is 0 Å². The van der Waals surface area contributed by atoms with Crippen molar-refractivity contribution in [2.75, 3.05) is 7.11 Å². The number of nitrogens with two attached hydrogens (primary N) is 1. The van der Waals surface area contributed by atoms with Crippen molar-refractivity contribution in [2.24, 2.45) is 5.73 Å². The molecule has 3 nitrogen and oxygen atoms in total. The van der Waals surface area contributed by atoms with Gasteiger partial charge in [0.1, 0.15) is 11.6 Å². The first kappa shape index (κ1) is 15.2. The summed E-state index contributed by atoms with van der Waals surface area (Å²) < 4.78 is 5.24. The fraction of sp³-hybridized carbons (Fsp3) is 0.0455. The predicted octanol–water partition coefficient (Wildman–Crippen LogP) is 4.55. The molecule has 0 saturated heterocycles. The van der Waals surface area contributed by atoms with E-state index in [4.69, 9.17) is 15.9 Å². The Morgan fingerprint density at radius 3 is 2.24 bits per heavy atom. The van der Waals surface area contributed by atoms with Crippen LogP contribution in [0.2, 0.25) is 0 Å². The Balaban J connectivity index is 1.90. The minimum atomic E-state index is 0.0857. The van der Waals surface area contributed by atoms with Gasteiger partial charge in [-0.1, -0.05) is 48.5 Å².